The molecular weight excluding hydrogens is 240 g/mol. The molecule has 5 heteroatoms. The summed E-state index contributed by atoms with van der Waals surface area (Å²) < 4.78 is 5.01. The molecule has 1 N–H and O–H groups in total. The van der Waals surface area contributed by atoms with Gasteiger partial charge in [0.2, 0.25) is 5.89 Å². The lowest BCUT2D eigenvalue weighted by Crippen LogP contribution is -2.46. The van der Waals surface area contributed by atoms with E-state index in [0.717, 1.165) is 38.4 Å². The van der Waals surface area contributed by atoms with Gasteiger partial charge in [0.25, 0.3) is 0 Å². The first-order valence-electron chi connectivity index (χ1n) is 7.20. The van der Waals surface area contributed by atoms with Gasteiger partial charge in [0.05, 0.1) is 0 Å². The highest BCUT2D eigenvalue weighted by molar-refractivity contribution is 4.89. The molecule has 0 amide bonds. The van der Waals surface area contributed by atoms with Crippen molar-refractivity contribution in [1.29, 1.82) is 0 Å². The van der Waals surface area contributed by atoms with Crippen molar-refractivity contribution < 1.29 is 4.52 Å². The van der Waals surface area contributed by atoms with Crippen LogP contribution in [-0.4, -0.2) is 47.3 Å². The van der Waals surface area contributed by atoms with Crippen LogP contribution in [0.2, 0.25) is 0 Å². The van der Waals surface area contributed by atoms with Crippen LogP contribution in [0.15, 0.2) is 4.52 Å². The smallest absolute Gasteiger partial charge is 0.223 e. The van der Waals surface area contributed by atoms with Crippen molar-refractivity contribution in [2.24, 2.45) is 5.41 Å². The molecule has 108 valence electrons. The Labute approximate surface area is 115 Å². The van der Waals surface area contributed by atoms with Gasteiger partial charge in [-0.15, -0.1) is 0 Å². The Morgan fingerprint density at radius 2 is 2.21 bits per heavy atom. The zero-order valence-electron chi connectivity index (χ0n) is 12.6. The summed E-state index contributed by atoms with van der Waals surface area (Å²) in [6.07, 6.45) is 2.08. The number of hydrogen-bond acceptors (Lipinski definition) is 5. The molecular formula is C14H26N4O. The third kappa shape index (κ3) is 4.28. The minimum absolute atomic E-state index is 0.297. The van der Waals surface area contributed by atoms with Crippen molar-refractivity contribution in [1.82, 2.24) is 20.4 Å². The highest BCUT2D eigenvalue weighted by Gasteiger charge is 2.27. The molecule has 1 saturated heterocycles. The van der Waals surface area contributed by atoms with E-state index < -0.39 is 0 Å². The fourth-order valence-electron chi connectivity index (χ4n) is 2.48. The normalized spacial score (nSPS) is 22.4. The molecule has 2 rings (SSSR count). The van der Waals surface area contributed by atoms with Gasteiger partial charge >= 0.3 is 0 Å². The summed E-state index contributed by atoms with van der Waals surface area (Å²) in [5.41, 5.74) is 0.297. The molecule has 0 saturated carbocycles. The Hall–Kier alpha value is -0.940. The lowest BCUT2D eigenvalue weighted by atomic mass is 9.86. The predicted molar refractivity (Wildman–Crippen MR) is 75.0 cm³/mol. The molecule has 5 nitrogen and oxygen atoms in total. The van der Waals surface area contributed by atoms with Crippen molar-refractivity contribution >= 4 is 0 Å². The molecule has 1 aliphatic heterocycles. The van der Waals surface area contributed by atoms with Crippen LogP contribution in [0.5, 0.6) is 0 Å². The van der Waals surface area contributed by atoms with E-state index in [2.05, 4.69) is 41.1 Å². The monoisotopic (exact) mass is 266 g/mol. The molecule has 1 aromatic heterocycles. The Morgan fingerprint density at radius 3 is 2.84 bits per heavy atom. The fraction of sp³-hybridized carbons (Fsp3) is 0.857. The van der Waals surface area contributed by atoms with Gasteiger partial charge in [0.15, 0.2) is 5.82 Å². The maximum absolute atomic E-state index is 5.01. The number of rotatable bonds is 3. The molecule has 19 heavy (non-hydrogen) atoms. The highest BCUT2D eigenvalue weighted by atomic mass is 16.5. The summed E-state index contributed by atoms with van der Waals surface area (Å²) in [5, 5.41) is 7.63. The molecule has 1 aromatic rings. The Morgan fingerprint density at radius 1 is 1.42 bits per heavy atom. The largest absolute Gasteiger partial charge is 0.340 e. The lowest BCUT2D eigenvalue weighted by Gasteiger charge is -2.33. The van der Waals surface area contributed by atoms with Crippen LogP contribution in [0.4, 0.5) is 0 Å². The van der Waals surface area contributed by atoms with Gasteiger partial charge in [0.1, 0.15) is 0 Å². The zero-order valence-corrected chi connectivity index (χ0v) is 12.6. The van der Waals surface area contributed by atoms with Crippen LogP contribution >= 0.6 is 0 Å². The number of aryl methyl sites for hydroxylation is 1. The molecule has 0 aromatic carbocycles. The Balaban J connectivity index is 1.88. The van der Waals surface area contributed by atoms with Crippen LogP contribution in [-0.2, 0) is 6.42 Å². The van der Waals surface area contributed by atoms with Crippen molar-refractivity contribution in [3.05, 3.63) is 11.7 Å². The van der Waals surface area contributed by atoms with Crippen molar-refractivity contribution in [3.8, 4) is 0 Å². The van der Waals surface area contributed by atoms with E-state index in [1.54, 1.807) is 0 Å². The Bertz CT molecular complexity index is 396. The third-order valence-electron chi connectivity index (χ3n) is 3.75. The number of hydrogen-bond donors (Lipinski definition) is 1. The number of nitrogens with zero attached hydrogens (tertiary/aromatic N) is 3. The SMILES string of the molecule is Cc1nc(CCN2CCCNC(C(C)(C)C)C2)no1. The van der Waals surface area contributed by atoms with Gasteiger partial charge < -0.3 is 14.7 Å². The van der Waals surface area contributed by atoms with E-state index in [0.29, 0.717) is 17.3 Å². The van der Waals surface area contributed by atoms with Gasteiger partial charge in [-0.05, 0) is 24.9 Å². The van der Waals surface area contributed by atoms with Gasteiger partial charge in [0, 0.05) is 32.5 Å². The number of nitrogens with one attached hydrogen (secondary N) is 1. The highest BCUT2D eigenvalue weighted by Crippen LogP contribution is 2.21. The van der Waals surface area contributed by atoms with Gasteiger partial charge in [-0.3, -0.25) is 0 Å². The molecule has 1 fully saturated rings. The molecule has 0 aliphatic carbocycles. The molecule has 0 radical (unpaired) electrons. The van der Waals surface area contributed by atoms with E-state index in [9.17, 15) is 0 Å². The molecule has 1 aliphatic rings. The summed E-state index contributed by atoms with van der Waals surface area (Å²) in [5.74, 6) is 1.47. The minimum atomic E-state index is 0.297. The second-order valence-corrected chi connectivity index (χ2v) is 6.51. The maximum atomic E-state index is 5.01. The van der Waals surface area contributed by atoms with E-state index in [1.165, 1.54) is 6.42 Å². The molecule has 0 spiro atoms. The van der Waals surface area contributed by atoms with Gasteiger partial charge in [-0.25, -0.2) is 0 Å². The van der Waals surface area contributed by atoms with Crippen LogP contribution in [0.25, 0.3) is 0 Å². The van der Waals surface area contributed by atoms with Crippen LogP contribution in [0, 0.1) is 12.3 Å². The van der Waals surface area contributed by atoms with Crippen LogP contribution in [0.3, 0.4) is 0 Å². The zero-order chi connectivity index (χ0) is 13.9. The minimum Gasteiger partial charge on any atom is -0.340 e. The second-order valence-electron chi connectivity index (χ2n) is 6.51. The van der Waals surface area contributed by atoms with E-state index >= 15 is 0 Å². The fourth-order valence-corrected chi connectivity index (χ4v) is 2.48. The Kier molecular flexibility index (Phi) is 4.58. The quantitative estimate of drug-likeness (QED) is 0.901. The van der Waals surface area contributed by atoms with E-state index in [1.807, 2.05) is 6.92 Å². The van der Waals surface area contributed by atoms with Crippen molar-refractivity contribution in [2.45, 2.75) is 46.6 Å². The summed E-state index contributed by atoms with van der Waals surface area (Å²) >= 11 is 0. The summed E-state index contributed by atoms with van der Waals surface area (Å²) in [7, 11) is 0. The average Bonchev–Trinajstić information content (AvgIpc) is 2.61. The predicted octanol–water partition coefficient (Wildman–Crippen LogP) is 1.63. The molecule has 1 atom stereocenters. The van der Waals surface area contributed by atoms with Gasteiger partial charge in [-0.2, -0.15) is 4.98 Å². The molecule has 0 bridgehead atoms. The summed E-state index contributed by atoms with van der Waals surface area (Å²) in [6.45, 7) is 13.1. The topological polar surface area (TPSA) is 54.2 Å². The maximum Gasteiger partial charge on any atom is 0.223 e. The van der Waals surface area contributed by atoms with E-state index in [-0.39, 0.29) is 0 Å². The third-order valence-corrected chi connectivity index (χ3v) is 3.75. The van der Waals surface area contributed by atoms with Gasteiger partial charge in [-0.1, -0.05) is 25.9 Å². The van der Waals surface area contributed by atoms with Crippen molar-refractivity contribution in [3.63, 3.8) is 0 Å². The van der Waals surface area contributed by atoms with E-state index in [4.69, 9.17) is 4.52 Å². The van der Waals surface area contributed by atoms with Crippen molar-refractivity contribution in [2.75, 3.05) is 26.2 Å². The summed E-state index contributed by atoms with van der Waals surface area (Å²) in [6, 6.07) is 0.544. The summed E-state index contributed by atoms with van der Waals surface area (Å²) in [4.78, 5) is 6.78. The first kappa shape index (κ1) is 14.5. The first-order valence-corrected chi connectivity index (χ1v) is 7.20. The lowest BCUT2D eigenvalue weighted by molar-refractivity contribution is 0.197. The van der Waals surface area contributed by atoms with Crippen LogP contribution in [0.1, 0.15) is 38.9 Å². The number of aromatic nitrogens is 2. The first-order chi connectivity index (χ1) is 8.95. The standard InChI is InChI=1S/C14H26N4O/c1-11-16-13(17-19-11)6-9-18-8-5-7-15-12(10-18)14(2,3)4/h12,15H,5-10H2,1-4H3. The molecule has 2 heterocycles. The average molecular weight is 266 g/mol. The second kappa shape index (κ2) is 6.01. The molecule has 1 unspecified atom stereocenters. The van der Waals surface area contributed by atoms with Crippen LogP contribution < -0.4 is 5.32 Å².